The number of carbonyl (C=O) groups excluding carboxylic acids is 1. The summed E-state index contributed by atoms with van der Waals surface area (Å²) in [5, 5.41) is 3.59. The summed E-state index contributed by atoms with van der Waals surface area (Å²) >= 11 is 6.26. The summed E-state index contributed by atoms with van der Waals surface area (Å²) in [6, 6.07) is 15.2. The first-order valence-corrected chi connectivity index (χ1v) is 7.73. The van der Waals surface area contributed by atoms with Gasteiger partial charge in [0, 0.05) is 22.7 Å². The summed E-state index contributed by atoms with van der Waals surface area (Å²) in [5.74, 6) is -0.0624. The molecule has 2 aromatic carbocycles. The van der Waals surface area contributed by atoms with Crippen LogP contribution in [0.2, 0.25) is 5.02 Å². The molecule has 1 N–H and O–H groups in total. The van der Waals surface area contributed by atoms with Gasteiger partial charge in [0.15, 0.2) is 0 Å². The van der Waals surface area contributed by atoms with E-state index in [0.29, 0.717) is 17.1 Å². The minimum Gasteiger partial charge on any atom is -0.352 e. The van der Waals surface area contributed by atoms with E-state index in [1.165, 1.54) is 0 Å². The van der Waals surface area contributed by atoms with E-state index in [1.54, 1.807) is 12.1 Å². The molecule has 0 spiro atoms. The van der Waals surface area contributed by atoms with Gasteiger partial charge in [-0.05, 0) is 50.8 Å². The van der Waals surface area contributed by atoms with E-state index in [4.69, 9.17) is 11.6 Å². The lowest BCUT2D eigenvalue weighted by atomic mass is 10.0. The van der Waals surface area contributed by atoms with Gasteiger partial charge in [-0.2, -0.15) is 0 Å². The predicted octanol–water partition coefficient (Wildman–Crippen LogP) is 3.69. The third kappa shape index (κ3) is 4.58. The van der Waals surface area contributed by atoms with Gasteiger partial charge in [0.05, 0.1) is 0 Å². The Hall–Kier alpha value is -1.84. The lowest BCUT2D eigenvalue weighted by Crippen LogP contribution is -2.27. The fourth-order valence-electron chi connectivity index (χ4n) is 2.20. The molecule has 0 atom stereocenters. The number of halogens is 1. The molecule has 0 unspecified atom stereocenters. The van der Waals surface area contributed by atoms with Gasteiger partial charge in [0.2, 0.25) is 0 Å². The number of hydrogen-bond donors (Lipinski definition) is 1. The Kier molecular flexibility index (Phi) is 5.99. The van der Waals surface area contributed by atoms with Crippen LogP contribution in [0.3, 0.4) is 0 Å². The second kappa shape index (κ2) is 7.97. The van der Waals surface area contributed by atoms with Gasteiger partial charge in [-0.3, -0.25) is 4.79 Å². The third-order valence-electron chi connectivity index (χ3n) is 3.38. The lowest BCUT2D eigenvalue weighted by Gasteiger charge is -2.11. The third-order valence-corrected chi connectivity index (χ3v) is 3.71. The van der Waals surface area contributed by atoms with Gasteiger partial charge >= 0.3 is 0 Å². The Morgan fingerprint density at radius 2 is 1.86 bits per heavy atom. The molecule has 3 nitrogen and oxygen atoms in total. The van der Waals surface area contributed by atoms with Gasteiger partial charge in [0.25, 0.3) is 5.91 Å². The van der Waals surface area contributed by atoms with Crippen LogP contribution in [0.4, 0.5) is 0 Å². The van der Waals surface area contributed by atoms with Crippen molar-refractivity contribution >= 4 is 17.5 Å². The monoisotopic (exact) mass is 316 g/mol. The number of amides is 1. The summed E-state index contributed by atoms with van der Waals surface area (Å²) < 4.78 is 0. The fourth-order valence-corrected chi connectivity index (χ4v) is 2.43. The number of rotatable bonds is 6. The highest BCUT2D eigenvalue weighted by atomic mass is 35.5. The zero-order chi connectivity index (χ0) is 15.9. The van der Waals surface area contributed by atoms with Gasteiger partial charge < -0.3 is 10.2 Å². The van der Waals surface area contributed by atoms with Crippen LogP contribution in [-0.4, -0.2) is 38.0 Å². The number of hydrogen-bond acceptors (Lipinski definition) is 2. The molecule has 0 aromatic heterocycles. The standard InChI is InChI=1S/C18H21ClN2O/c1-21(2)12-6-11-20-18(22)15-9-10-17(19)16(13-15)14-7-4-3-5-8-14/h3-5,7-10,13H,6,11-12H2,1-2H3,(H,20,22). The van der Waals surface area contributed by atoms with Crippen LogP contribution < -0.4 is 5.32 Å². The van der Waals surface area contributed by atoms with Crippen molar-refractivity contribution in [3.05, 3.63) is 59.1 Å². The van der Waals surface area contributed by atoms with Crippen molar-refractivity contribution in [2.45, 2.75) is 6.42 Å². The van der Waals surface area contributed by atoms with Crippen molar-refractivity contribution in [3.63, 3.8) is 0 Å². The first-order chi connectivity index (χ1) is 10.6. The largest absolute Gasteiger partial charge is 0.352 e. The molecule has 0 aliphatic rings. The van der Waals surface area contributed by atoms with Crippen molar-refractivity contribution in [1.82, 2.24) is 10.2 Å². The predicted molar refractivity (Wildman–Crippen MR) is 92.4 cm³/mol. The Bertz CT molecular complexity index is 626. The molecule has 0 radical (unpaired) electrons. The lowest BCUT2D eigenvalue weighted by molar-refractivity contribution is 0.0952. The Labute approximate surface area is 136 Å². The van der Waals surface area contributed by atoms with E-state index in [2.05, 4.69) is 10.2 Å². The normalized spacial score (nSPS) is 10.7. The number of benzene rings is 2. The van der Waals surface area contributed by atoms with E-state index >= 15 is 0 Å². The molecule has 4 heteroatoms. The number of carbonyl (C=O) groups is 1. The average molecular weight is 317 g/mol. The summed E-state index contributed by atoms with van der Waals surface area (Å²) in [5.41, 5.74) is 2.52. The van der Waals surface area contributed by atoms with Crippen molar-refractivity contribution in [2.24, 2.45) is 0 Å². The van der Waals surface area contributed by atoms with Crippen LogP contribution in [0.5, 0.6) is 0 Å². The van der Waals surface area contributed by atoms with Crippen LogP contribution in [-0.2, 0) is 0 Å². The van der Waals surface area contributed by atoms with E-state index in [9.17, 15) is 4.79 Å². The highest BCUT2D eigenvalue weighted by molar-refractivity contribution is 6.33. The minimum absolute atomic E-state index is 0.0624. The zero-order valence-corrected chi connectivity index (χ0v) is 13.7. The second-order valence-corrected chi connectivity index (χ2v) is 5.88. The number of nitrogens with one attached hydrogen (secondary N) is 1. The van der Waals surface area contributed by atoms with Crippen LogP contribution in [0.1, 0.15) is 16.8 Å². The summed E-state index contributed by atoms with van der Waals surface area (Å²) in [6.07, 6.45) is 0.928. The maximum absolute atomic E-state index is 12.2. The molecule has 0 heterocycles. The molecular formula is C18H21ClN2O. The Balaban J connectivity index is 2.07. The van der Waals surface area contributed by atoms with Crippen LogP contribution in [0.25, 0.3) is 11.1 Å². The Morgan fingerprint density at radius 3 is 2.55 bits per heavy atom. The van der Waals surface area contributed by atoms with Gasteiger partial charge in [-0.1, -0.05) is 41.9 Å². The fraction of sp³-hybridized carbons (Fsp3) is 0.278. The van der Waals surface area contributed by atoms with Gasteiger partial charge in [-0.15, -0.1) is 0 Å². The summed E-state index contributed by atoms with van der Waals surface area (Å²) in [6.45, 7) is 1.62. The number of nitrogens with zero attached hydrogens (tertiary/aromatic N) is 1. The smallest absolute Gasteiger partial charge is 0.251 e. The van der Waals surface area contributed by atoms with Crippen LogP contribution in [0.15, 0.2) is 48.5 Å². The first-order valence-electron chi connectivity index (χ1n) is 7.36. The topological polar surface area (TPSA) is 32.3 Å². The van der Waals surface area contributed by atoms with E-state index < -0.39 is 0 Å². The molecule has 0 saturated heterocycles. The van der Waals surface area contributed by atoms with Crippen molar-refractivity contribution in [1.29, 1.82) is 0 Å². The van der Waals surface area contributed by atoms with E-state index in [-0.39, 0.29) is 5.91 Å². The van der Waals surface area contributed by atoms with Crippen molar-refractivity contribution in [3.8, 4) is 11.1 Å². The Morgan fingerprint density at radius 1 is 1.14 bits per heavy atom. The molecule has 0 saturated carbocycles. The molecule has 2 rings (SSSR count). The second-order valence-electron chi connectivity index (χ2n) is 5.47. The molecule has 0 fully saturated rings. The molecule has 0 aliphatic heterocycles. The molecular weight excluding hydrogens is 296 g/mol. The van der Waals surface area contributed by atoms with Crippen LogP contribution in [0, 0.1) is 0 Å². The molecule has 0 aliphatic carbocycles. The molecule has 1 amide bonds. The highest BCUT2D eigenvalue weighted by Crippen LogP contribution is 2.28. The van der Waals surface area contributed by atoms with Crippen molar-refractivity contribution < 1.29 is 4.79 Å². The summed E-state index contributed by atoms with van der Waals surface area (Å²) in [7, 11) is 4.04. The van der Waals surface area contributed by atoms with Crippen molar-refractivity contribution in [2.75, 3.05) is 27.2 Å². The average Bonchev–Trinajstić information content (AvgIpc) is 2.52. The van der Waals surface area contributed by atoms with E-state index in [1.807, 2.05) is 50.5 Å². The SMILES string of the molecule is CN(C)CCCNC(=O)c1ccc(Cl)c(-c2ccccc2)c1. The molecule has 22 heavy (non-hydrogen) atoms. The molecule has 2 aromatic rings. The van der Waals surface area contributed by atoms with Gasteiger partial charge in [-0.25, -0.2) is 0 Å². The summed E-state index contributed by atoms with van der Waals surface area (Å²) in [4.78, 5) is 14.3. The maximum Gasteiger partial charge on any atom is 0.251 e. The first kappa shape index (κ1) is 16.5. The van der Waals surface area contributed by atoms with E-state index in [0.717, 1.165) is 24.1 Å². The highest BCUT2D eigenvalue weighted by Gasteiger charge is 2.09. The van der Waals surface area contributed by atoms with Crippen LogP contribution >= 0.6 is 11.6 Å². The minimum atomic E-state index is -0.0624. The quantitative estimate of drug-likeness (QED) is 0.824. The van der Waals surface area contributed by atoms with Gasteiger partial charge in [0.1, 0.15) is 0 Å². The molecule has 116 valence electrons. The molecule has 0 bridgehead atoms. The maximum atomic E-state index is 12.2. The zero-order valence-electron chi connectivity index (χ0n) is 13.0.